The van der Waals surface area contributed by atoms with Crippen LogP contribution in [0.2, 0.25) is 0 Å². The molecule has 274 valence electrons. The highest BCUT2D eigenvalue weighted by atomic mass is 127. The average Bonchev–Trinajstić information content (AvgIpc) is 3.46. The Hall–Kier alpha value is -2.66. The second-order valence-corrected chi connectivity index (χ2v) is 16.4. The van der Waals surface area contributed by atoms with Crippen LogP contribution in [0.4, 0.5) is 4.79 Å². The van der Waals surface area contributed by atoms with Gasteiger partial charge in [-0.05, 0) is 79.3 Å². The Bertz CT molecular complexity index is 1760. The van der Waals surface area contributed by atoms with Crippen LogP contribution >= 0.6 is 64.5 Å². The summed E-state index contributed by atoms with van der Waals surface area (Å²) in [6, 6.07) is 19.2. The minimum absolute atomic E-state index is 0.0558. The van der Waals surface area contributed by atoms with E-state index in [-0.39, 0.29) is 38.3 Å². The predicted molar refractivity (Wildman–Crippen MR) is 215 cm³/mol. The van der Waals surface area contributed by atoms with E-state index >= 15 is 0 Å². The normalized spacial score (nSPS) is 13.0. The fourth-order valence-electron chi connectivity index (χ4n) is 4.93. The van der Waals surface area contributed by atoms with Crippen molar-refractivity contribution < 1.29 is 32.7 Å². The van der Waals surface area contributed by atoms with Gasteiger partial charge in [-0.3, -0.25) is 9.51 Å². The average molecular weight is 961 g/mol. The summed E-state index contributed by atoms with van der Waals surface area (Å²) in [6.45, 7) is 8.12. The quantitative estimate of drug-likeness (QED) is 0.0319. The summed E-state index contributed by atoms with van der Waals surface area (Å²) in [5.74, 6) is 0.445. The number of rotatable bonds is 19. The van der Waals surface area contributed by atoms with Gasteiger partial charge in [0.2, 0.25) is 0 Å². The highest BCUT2D eigenvalue weighted by Crippen LogP contribution is 2.50. The third-order valence-electron chi connectivity index (χ3n) is 7.35. The van der Waals surface area contributed by atoms with Gasteiger partial charge in [-0.2, -0.15) is 0 Å². The number of nitrogens with zero attached hydrogens (tertiary/aromatic N) is 3. The first-order valence-corrected chi connectivity index (χ1v) is 22.1. The van der Waals surface area contributed by atoms with Crippen molar-refractivity contribution in [2.45, 2.75) is 78.1 Å². The van der Waals surface area contributed by atoms with Gasteiger partial charge < -0.3 is 23.9 Å². The second-order valence-electron chi connectivity index (χ2n) is 11.8. The molecule has 1 unspecified atom stereocenters. The number of hydrogen-bond acceptors (Lipinski definition) is 10. The van der Waals surface area contributed by atoms with Crippen molar-refractivity contribution in [2.75, 3.05) is 19.3 Å². The van der Waals surface area contributed by atoms with Gasteiger partial charge in [0.1, 0.15) is 16.6 Å². The Morgan fingerprint density at radius 1 is 0.961 bits per heavy atom. The summed E-state index contributed by atoms with van der Waals surface area (Å²) in [7, 11) is -3.80. The maximum Gasteiger partial charge on any atom is 0.407 e. The van der Waals surface area contributed by atoms with Crippen molar-refractivity contribution >= 4 is 76.6 Å². The van der Waals surface area contributed by atoms with Crippen LogP contribution in [-0.4, -0.2) is 52.0 Å². The van der Waals surface area contributed by atoms with Crippen LogP contribution in [-0.2, 0) is 45.4 Å². The Morgan fingerprint density at radius 2 is 1.65 bits per heavy atom. The number of imidazole rings is 1. The van der Waals surface area contributed by atoms with Gasteiger partial charge in [0, 0.05) is 32.7 Å². The molecular formula is C36H43I2N4O7PS. The van der Waals surface area contributed by atoms with Gasteiger partial charge >= 0.3 is 19.7 Å². The minimum Gasteiger partial charge on any atom is -0.464 e. The Kier molecular flexibility index (Phi) is 16.6. The lowest BCUT2D eigenvalue weighted by atomic mass is 10.1. The first kappa shape index (κ1) is 41.1. The van der Waals surface area contributed by atoms with E-state index in [1.54, 1.807) is 61.4 Å². The van der Waals surface area contributed by atoms with Gasteiger partial charge in [0.05, 0.1) is 25.0 Å². The molecule has 0 aliphatic rings. The van der Waals surface area contributed by atoms with Crippen LogP contribution in [0.1, 0.15) is 68.2 Å². The van der Waals surface area contributed by atoms with Gasteiger partial charge in [-0.15, -0.1) is 0 Å². The van der Waals surface area contributed by atoms with E-state index in [1.807, 2.05) is 12.1 Å². The van der Waals surface area contributed by atoms with Crippen LogP contribution in [0.3, 0.4) is 0 Å². The monoisotopic (exact) mass is 960 g/mol. The molecule has 2 heterocycles. The van der Waals surface area contributed by atoms with Gasteiger partial charge in [-0.1, -0.05) is 95.1 Å². The Balaban J connectivity index is 1.46. The molecule has 0 spiro atoms. The van der Waals surface area contributed by atoms with Crippen LogP contribution in [0.15, 0.2) is 83.0 Å². The SMILES string of the molecule is CCOC(=O)[C@H](C)OP(=O)(CCCNC(=O)OCc1nc(C(C)C)c(Sc2cc(CI)cc(CI)c2)n1Cc1ccncc1)Oc1ccccc1. The molecular weight excluding hydrogens is 917 g/mol. The number of alkyl halides is 2. The van der Waals surface area contributed by atoms with E-state index in [0.717, 1.165) is 30.0 Å². The van der Waals surface area contributed by atoms with Crippen LogP contribution in [0.25, 0.3) is 0 Å². The van der Waals surface area contributed by atoms with Crippen molar-refractivity contribution in [3.63, 3.8) is 0 Å². The third kappa shape index (κ3) is 12.8. The van der Waals surface area contributed by atoms with Gasteiger partial charge in [0.15, 0.2) is 12.7 Å². The van der Waals surface area contributed by atoms with E-state index in [0.29, 0.717) is 18.1 Å². The number of carbonyl (C=O) groups is 2. The van der Waals surface area contributed by atoms with Crippen LogP contribution in [0.5, 0.6) is 5.75 Å². The maximum absolute atomic E-state index is 13.7. The number of ether oxygens (including phenoxy) is 2. The highest BCUT2D eigenvalue weighted by Gasteiger charge is 2.32. The zero-order valence-electron chi connectivity index (χ0n) is 29.1. The summed E-state index contributed by atoms with van der Waals surface area (Å²) in [5, 5.41) is 3.72. The molecule has 4 aromatic rings. The molecule has 2 atom stereocenters. The first-order chi connectivity index (χ1) is 24.5. The van der Waals surface area contributed by atoms with Gasteiger partial charge in [0.25, 0.3) is 0 Å². The van der Waals surface area contributed by atoms with E-state index in [4.69, 9.17) is 23.5 Å². The van der Waals surface area contributed by atoms with Crippen molar-refractivity contribution in [1.82, 2.24) is 19.9 Å². The zero-order valence-corrected chi connectivity index (χ0v) is 35.1. The molecule has 0 radical (unpaired) electrons. The molecule has 1 amide bonds. The van der Waals surface area contributed by atoms with Crippen molar-refractivity contribution in [2.24, 2.45) is 0 Å². The third-order valence-corrected chi connectivity index (χ3v) is 12.2. The fraction of sp³-hybridized carbons (Fsp3) is 0.389. The predicted octanol–water partition coefficient (Wildman–Crippen LogP) is 9.33. The standard InChI is InChI=1S/C36H43I2N4O7PS/c1-5-46-35(43)26(4)48-50(45,49-30-10-7-6-8-11-30)17-9-14-40-36(44)47-24-32-41-33(25(2)3)34(42(32)23-27-12-15-39-16-13-27)51-31-19-28(21-37)18-29(20-31)22-38/h6-8,10-13,15-16,18-20,25-26H,5,9,14,17,21-24H2,1-4H3,(H,40,44)/t26-,50?/m0/s1. The molecule has 0 saturated carbocycles. The fourth-order valence-corrected chi connectivity index (χ4v) is 8.92. The Morgan fingerprint density at radius 3 is 2.27 bits per heavy atom. The summed E-state index contributed by atoms with van der Waals surface area (Å²) in [5.41, 5.74) is 4.50. The molecule has 4 rings (SSSR count). The second kappa shape index (κ2) is 20.5. The number of aromatic nitrogens is 3. The number of nitrogens with one attached hydrogen (secondary N) is 1. The van der Waals surface area contributed by atoms with Gasteiger partial charge in [-0.25, -0.2) is 19.1 Å². The largest absolute Gasteiger partial charge is 0.464 e. The van der Waals surface area contributed by atoms with Crippen molar-refractivity contribution in [1.29, 1.82) is 0 Å². The lowest BCUT2D eigenvalue weighted by molar-refractivity contribution is -0.150. The highest BCUT2D eigenvalue weighted by molar-refractivity contribution is 14.1. The molecule has 0 fully saturated rings. The zero-order chi connectivity index (χ0) is 36.8. The molecule has 11 nitrogen and oxygen atoms in total. The van der Waals surface area contributed by atoms with E-state index in [9.17, 15) is 14.2 Å². The number of benzene rings is 2. The summed E-state index contributed by atoms with van der Waals surface area (Å²) < 4.78 is 39.7. The number of esters is 1. The van der Waals surface area contributed by atoms with Crippen molar-refractivity contribution in [3.05, 3.63) is 101 Å². The van der Waals surface area contributed by atoms with Crippen LogP contribution < -0.4 is 9.84 Å². The Labute approximate surface area is 331 Å². The number of alkyl carbamates (subject to hydrolysis) is 1. The lowest BCUT2D eigenvalue weighted by Crippen LogP contribution is -2.27. The molecule has 0 saturated heterocycles. The van der Waals surface area contributed by atoms with Crippen LogP contribution in [0, 0.1) is 0 Å². The number of hydrogen-bond donors (Lipinski definition) is 1. The van der Waals surface area contributed by atoms with E-state index in [1.165, 1.54) is 18.1 Å². The first-order valence-electron chi connectivity index (χ1n) is 16.5. The lowest BCUT2D eigenvalue weighted by Gasteiger charge is -2.22. The number of halogens is 2. The molecule has 15 heteroatoms. The van der Waals surface area contributed by atoms with E-state index in [2.05, 4.69) is 92.1 Å². The molecule has 1 N–H and O–H groups in total. The minimum atomic E-state index is -3.80. The number of amides is 1. The van der Waals surface area contributed by atoms with E-state index < -0.39 is 25.8 Å². The molecule has 51 heavy (non-hydrogen) atoms. The smallest absolute Gasteiger partial charge is 0.407 e. The summed E-state index contributed by atoms with van der Waals surface area (Å²) >= 11 is 6.45. The number of pyridine rings is 1. The summed E-state index contributed by atoms with van der Waals surface area (Å²) in [4.78, 5) is 35.4. The molecule has 0 aliphatic heterocycles. The molecule has 0 bridgehead atoms. The molecule has 2 aromatic carbocycles. The summed E-state index contributed by atoms with van der Waals surface area (Å²) in [6.07, 6.45) is 1.95. The molecule has 0 aliphatic carbocycles. The van der Waals surface area contributed by atoms with Crippen molar-refractivity contribution in [3.8, 4) is 5.75 Å². The number of para-hydroxylation sites is 1. The topological polar surface area (TPSA) is 131 Å². The maximum atomic E-state index is 13.7. The molecule has 2 aromatic heterocycles. The number of carbonyl (C=O) groups excluding carboxylic acids is 2.